The maximum atomic E-state index is 14.0. The number of aliphatic hydroxyl groups is 1. The van der Waals surface area contributed by atoms with Gasteiger partial charge in [0.25, 0.3) is 5.91 Å². The molecular formula is C31H38N4O4. The fraction of sp³-hybridized carbons (Fsp3) is 0.355. The number of nitrogens with one attached hydrogen (secondary N) is 1. The highest BCUT2D eigenvalue weighted by molar-refractivity contribution is 5.98. The van der Waals surface area contributed by atoms with E-state index in [1.807, 2.05) is 60.7 Å². The fourth-order valence-electron chi connectivity index (χ4n) is 5.65. The Bertz CT molecular complexity index is 1240. The largest absolute Gasteiger partial charge is 0.505 e. The zero-order chi connectivity index (χ0) is 28.2. The van der Waals surface area contributed by atoms with Crippen molar-refractivity contribution in [3.05, 3.63) is 95.6 Å². The predicted octanol–water partition coefficient (Wildman–Crippen LogP) is 2.99. The second-order valence-electron chi connectivity index (χ2n) is 10.6. The summed E-state index contributed by atoms with van der Waals surface area (Å²) in [7, 11) is 3.56. The molecule has 39 heavy (non-hydrogen) atoms. The summed E-state index contributed by atoms with van der Waals surface area (Å²) in [5.74, 6) is -0.746. The highest BCUT2D eigenvalue weighted by Crippen LogP contribution is 2.40. The molecule has 206 valence electrons. The lowest BCUT2D eigenvalue weighted by atomic mass is 9.69. The average molecular weight is 531 g/mol. The maximum absolute atomic E-state index is 14.0. The van der Waals surface area contributed by atoms with Crippen molar-refractivity contribution < 1.29 is 19.8 Å². The van der Waals surface area contributed by atoms with Crippen LogP contribution in [0.15, 0.2) is 78.9 Å². The van der Waals surface area contributed by atoms with E-state index in [1.54, 1.807) is 25.1 Å². The molecule has 1 aliphatic heterocycles. The van der Waals surface area contributed by atoms with E-state index in [9.17, 15) is 19.8 Å². The third kappa shape index (κ3) is 5.77. The number of benzene rings is 3. The van der Waals surface area contributed by atoms with E-state index < -0.39 is 23.5 Å². The molecule has 1 fully saturated rings. The number of likely N-dealkylation sites (tertiary alicyclic amines) is 1. The van der Waals surface area contributed by atoms with Crippen LogP contribution in [0.5, 0.6) is 5.75 Å². The second kappa shape index (κ2) is 11.9. The summed E-state index contributed by atoms with van der Waals surface area (Å²) in [6.07, 6.45) is 0.214. The molecule has 0 radical (unpaired) electrons. The van der Waals surface area contributed by atoms with E-state index in [-0.39, 0.29) is 28.9 Å². The van der Waals surface area contributed by atoms with E-state index in [0.29, 0.717) is 25.9 Å². The number of para-hydroxylation sites is 1. The second-order valence-corrected chi connectivity index (χ2v) is 10.6. The number of carbonyl (C=O) groups excluding carboxylic acids is 2. The molecule has 0 saturated carbocycles. The molecule has 1 unspecified atom stereocenters. The first kappa shape index (κ1) is 28.1. The van der Waals surface area contributed by atoms with Crippen molar-refractivity contribution in [3.63, 3.8) is 0 Å². The quantitative estimate of drug-likeness (QED) is 0.263. The number of amides is 2. The maximum Gasteiger partial charge on any atom is 0.255 e. The van der Waals surface area contributed by atoms with E-state index in [2.05, 4.69) is 17.1 Å². The molecule has 3 atom stereocenters. The number of phenolic OH excluding ortho intramolecular Hbond substituents is 1. The van der Waals surface area contributed by atoms with Crippen LogP contribution in [0.3, 0.4) is 0 Å². The highest BCUT2D eigenvalue weighted by Gasteiger charge is 2.45. The summed E-state index contributed by atoms with van der Waals surface area (Å²) in [5, 5.41) is 24.0. The van der Waals surface area contributed by atoms with Crippen LogP contribution in [-0.2, 0) is 10.2 Å². The SMILES string of the molecule is CC(CC(C(=O)N(C)C)(c1ccccc1)c1ccccc1)N1CC[C@H](NC(=O)c2cccc(N)c2O)[C@@H](O)C1. The molecule has 8 nitrogen and oxygen atoms in total. The number of anilines is 1. The smallest absolute Gasteiger partial charge is 0.255 e. The van der Waals surface area contributed by atoms with Crippen molar-refractivity contribution in [2.24, 2.45) is 0 Å². The van der Waals surface area contributed by atoms with Crippen molar-refractivity contribution in [1.29, 1.82) is 0 Å². The molecule has 4 rings (SSSR count). The van der Waals surface area contributed by atoms with E-state index in [4.69, 9.17) is 5.73 Å². The van der Waals surface area contributed by atoms with Gasteiger partial charge in [0.15, 0.2) is 5.75 Å². The van der Waals surface area contributed by atoms with Crippen LogP contribution in [0, 0.1) is 0 Å². The first-order chi connectivity index (χ1) is 18.6. The van der Waals surface area contributed by atoms with Gasteiger partial charge in [-0.05, 0) is 43.0 Å². The molecule has 0 aromatic heterocycles. The number of carbonyl (C=O) groups is 2. The fourth-order valence-corrected chi connectivity index (χ4v) is 5.65. The Morgan fingerprint density at radius 3 is 2.15 bits per heavy atom. The molecule has 0 bridgehead atoms. The zero-order valence-corrected chi connectivity index (χ0v) is 22.7. The van der Waals surface area contributed by atoms with Crippen LogP contribution in [0.4, 0.5) is 5.69 Å². The van der Waals surface area contributed by atoms with Gasteiger partial charge in [0.05, 0.1) is 23.4 Å². The van der Waals surface area contributed by atoms with Crippen LogP contribution < -0.4 is 11.1 Å². The number of β-amino-alcohol motifs (C(OH)–C–C–N with tert-alkyl or cyclic N) is 1. The summed E-state index contributed by atoms with van der Waals surface area (Å²) in [6, 6.07) is 23.8. The Balaban J connectivity index is 1.55. The topological polar surface area (TPSA) is 119 Å². The molecule has 1 heterocycles. The van der Waals surface area contributed by atoms with Gasteiger partial charge in [0.1, 0.15) is 5.41 Å². The number of nitrogens with zero attached hydrogens (tertiary/aromatic N) is 2. The predicted molar refractivity (Wildman–Crippen MR) is 152 cm³/mol. The third-order valence-corrected chi connectivity index (χ3v) is 7.77. The monoisotopic (exact) mass is 530 g/mol. The number of aliphatic hydroxyl groups excluding tert-OH is 1. The average Bonchev–Trinajstić information content (AvgIpc) is 2.94. The third-order valence-electron chi connectivity index (χ3n) is 7.77. The number of phenols is 1. The number of nitrogens with two attached hydrogens (primary N) is 1. The summed E-state index contributed by atoms with van der Waals surface area (Å²) in [6.45, 7) is 3.05. The number of piperidine rings is 1. The summed E-state index contributed by atoms with van der Waals surface area (Å²) >= 11 is 0. The minimum Gasteiger partial charge on any atom is -0.505 e. The van der Waals surface area contributed by atoms with Crippen molar-refractivity contribution >= 4 is 17.5 Å². The molecule has 1 saturated heterocycles. The van der Waals surface area contributed by atoms with Crippen LogP contribution in [0.25, 0.3) is 0 Å². The van der Waals surface area contributed by atoms with Crippen LogP contribution in [0.1, 0.15) is 41.3 Å². The van der Waals surface area contributed by atoms with Gasteiger partial charge in [0.2, 0.25) is 5.91 Å². The number of hydrogen-bond acceptors (Lipinski definition) is 6. The van der Waals surface area contributed by atoms with Gasteiger partial charge in [0, 0.05) is 33.2 Å². The Morgan fingerprint density at radius 2 is 1.62 bits per heavy atom. The zero-order valence-electron chi connectivity index (χ0n) is 22.7. The molecule has 3 aromatic rings. The van der Waals surface area contributed by atoms with E-state index >= 15 is 0 Å². The molecule has 5 N–H and O–H groups in total. The molecule has 1 aliphatic rings. The molecule has 8 heteroatoms. The Morgan fingerprint density at radius 1 is 1.03 bits per heavy atom. The van der Waals surface area contributed by atoms with Gasteiger partial charge in [-0.2, -0.15) is 0 Å². The number of likely N-dealkylation sites (N-methyl/N-ethyl adjacent to an activating group) is 1. The van der Waals surface area contributed by atoms with Crippen molar-refractivity contribution in [3.8, 4) is 5.75 Å². The summed E-state index contributed by atoms with van der Waals surface area (Å²) in [4.78, 5) is 30.6. The van der Waals surface area contributed by atoms with Crippen molar-refractivity contribution in [2.75, 3.05) is 32.9 Å². The molecule has 3 aromatic carbocycles. The molecule has 2 amide bonds. The van der Waals surface area contributed by atoms with Crippen LogP contribution in [0.2, 0.25) is 0 Å². The molecule has 0 aliphatic carbocycles. The minimum absolute atomic E-state index is 0.00334. The Hall–Kier alpha value is -3.88. The number of nitrogen functional groups attached to an aromatic ring is 1. The first-order valence-electron chi connectivity index (χ1n) is 13.3. The lowest BCUT2D eigenvalue weighted by Gasteiger charge is -2.44. The van der Waals surface area contributed by atoms with Gasteiger partial charge in [-0.3, -0.25) is 14.5 Å². The number of aromatic hydroxyl groups is 1. The molecule has 0 spiro atoms. The van der Waals surface area contributed by atoms with Crippen molar-refractivity contribution in [1.82, 2.24) is 15.1 Å². The lowest BCUT2D eigenvalue weighted by Crippen LogP contribution is -2.57. The van der Waals surface area contributed by atoms with Gasteiger partial charge >= 0.3 is 0 Å². The summed E-state index contributed by atoms with van der Waals surface area (Å²) in [5.41, 5.74) is 6.87. The standard InChI is InChI=1S/C31H38N4O4/c1-21(35-18-17-26(27(36)20-35)33-29(38)24-15-10-16-25(32)28(24)37)19-31(30(39)34(2)3,22-11-6-4-7-12-22)23-13-8-5-9-14-23/h4-16,21,26-27,36-37H,17-20,32H2,1-3H3,(H,33,38)/t21?,26-,27-/m0/s1. The normalized spacial score (nSPS) is 18.8. The van der Waals surface area contributed by atoms with Crippen LogP contribution in [-0.4, -0.2) is 77.2 Å². The van der Waals surface area contributed by atoms with Gasteiger partial charge < -0.3 is 26.2 Å². The first-order valence-corrected chi connectivity index (χ1v) is 13.3. The molecular weight excluding hydrogens is 492 g/mol. The van der Waals surface area contributed by atoms with E-state index in [0.717, 1.165) is 11.1 Å². The Kier molecular flexibility index (Phi) is 8.57. The van der Waals surface area contributed by atoms with Crippen molar-refractivity contribution in [2.45, 2.75) is 43.4 Å². The van der Waals surface area contributed by atoms with E-state index in [1.165, 1.54) is 12.1 Å². The van der Waals surface area contributed by atoms with Gasteiger partial charge in [-0.1, -0.05) is 66.7 Å². The number of rotatable bonds is 8. The van der Waals surface area contributed by atoms with Crippen LogP contribution >= 0.6 is 0 Å². The highest BCUT2D eigenvalue weighted by atomic mass is 16.3. The van der Waals surface area contributed by atoms with Gasteiger partial charge in [-0.25, -0.2) is 0 Å². The summed E-state index contributed by atoms with van der Waals surface area (Å²) < 4.78 is 0. The lowest BCUT2D eigenvalue weighted by molar-refractivity contribution is -0.134. The minimum atomic E-state index is -0.910. The van der Waals surface area contributed by atoms with Gasteiger partial charge in [-0.15, -0.1) is 0 Å². The number of hydrogen-bond donors (Lipinski definition) is 4. The Labute approximate surface area is 230 Å².